The number of hydrogen-bond acceptors (Lipinski definition) is 4. The standard InChI is InChI=1S/C18H40O5P2.3Na/c1-2-3-4-5-6-7-8-9-10-11-12-13-14-15-16-17-24(19,20)18-25(21,22)23;;;/h2-18H2,1H3,(H,19,20)(H2,21,22,23);;;/q;3*+1/p-2. The van der Waals surface area contributed by atoms with Crippen LogP contribution in [-0.4, -0.2) is 17.0 Å². The van der Waals surface area contributed by atoms with Crippen LogP contribution in [-0.2, 0) is 9.13 Å². The summed E-state index contributed by atoms with van der Waals surface area (Å²) in [6, 6.07) is 0. The van der Waals surface area contributed by atoms with Crippen LogP contribution >= 0.6 is 15.0 Å². The van der Waals surface area contributed by atoms with Crippen molar-refractivity contribution in [3.63, 3.8) is 0 Å². The molecule has 0 saturated carbocycles. The molecule has 0 amide bonds. The molecule has 0 radical (unpaired) electrons. The summed E-state index contributed by atoms with van der Waals surface area (Å²) < 4.78 is 22.1. The molecular weight excluding hydrogens is 427 g/mol. The van der Waals surface area contributed by atoms with Crippen molar-refractivity contribution in [3.05, 3.63) is 0 Å². The molecule has 1 unspecified atom stereocenters. The smallest absolute Gasteiger partial charge is 0.810 e. The van der Waals surface area contributed by atoms with Gasteiger partial charge in [-0.15, -0.1) is 0 Å². The molecule has 0 saturated heterocycles. The monoisotopic (exact) mass is 465 g/mol. The summed E-state index contributed by atoms with van der Waals surface area (Å²) in [6.07, 6.45) is 18.0. The minimum Gasteiger partial charge on any atom is -0.810 e. The molecule has 0 aliphatic carbocycles. The van der Waals surface area contributed by atoms with Crippen molar-refractivity contribution in [1.82, 2.24) is 0 Å². The van der Waals surface area contributed by atoms with Crippen molar-refractivity contribution in [2.24, 2.45) is 0 Å². The van der Waals surface area contributed by atoms with Gasteiger partial charge in [0.25, 0.3) is 0 Å². The third kappa shape index (κ3) is 31.5. The Morgan fingerprint density at radius 3 is 1.18 bits per heavy atom. The summed E-state index contributed by atoms with van der Waals surface area (Å²) in [7, 11) is -8.68. The molecule has 28 heavy (non-hydrogen) atoms. The van der Waals surface area contributed by atoms with Crippen LogP contribution in [0.1, 0.15) is 103 Å². The van der Waals surface area contributed by atoms with Crippen LogP contribution in [0.4, 0.5) is 0 Å². The second-order valence-electron chi connectivity index (χ2n) is 7.27. The normalized spacial score (nSPS) is 13.0. The average molecular weight is 465 g/mol. The zero-order valence-electron chi connectivity index (χ0n) is 19.0. The maximum absolute atomic E-state index is 11.5. The van der Waals surface area contributed by atoms with Crippen LogP contribution in [0.2, 0.25) is 0 Å². The van der Waals surface area contributed by atoms with Gasteiger partial charge in [-0.25, -0.2) is 0 Å². The molecule has 5 nitrogen and oxygen atoms in total. The van der Waals surface area contributed by atoms with Gasteiger partial charge in [-0.05, 0) is 6.42 Å². The molecule has 0 rings (SSSR count). The molecule has 152 valence electrons. The Hall–Kier alpha value is 3.34. The van der Waals surface area contributed by atoms with E-state index in [9.17, 15) is 23.8 Å². The topological polar surface area (TPSA) is 100 Å². The molecule has 0 aromatic rings. The van der Waals surface area contributed by atoms with Gasteiger partial charge in [0.05, 0.1) is 5.90 Å². The molecule has 0 aromatic heterocycles. The first-order valence-electron chi connectivity index (χ1n) is 10.1. The van der Waals surface area contributed by atoms with Crippen LogP contribution in [0.15, 0.2) is 0 Å². The SMILES string of the molecule is CCCCCCCCCCCCCCCCCP(=O)(O)CP(=O)([O-])[O-].[Na+].[Na+].[Na+]. The van der Waals surface area contributed by atoms with Crippen molar-refractivity contribution >= 4 is 15.0 Å². The van der Waals surface area contributed by atoms with E-state index in [4.69, 9.17) is 0 Å². The fourth-order valence-electron chi connectivity index (χ4n) is 3.07. The average Bonchev–Trinajstić information content (AvgIpc) is 2.48. The summed E-state index contributed by atoms with van der Waals surface area (Å²) in [6.45, 7) is 2.24. The molecule has 0 bridgehead atoms. The largest absolute Gasteiger partial charge is 1.00 e. The van der Waals surface area contributed by atoms with Gasteiger partial charge >= 0.3 is 88.7 Å². The van der Waals surface area contributed by atoms with Crippen LogP contribution in [0.25, 0.3) is 0 Å². The van der Waals surface area contributed by atoms with Gasteiger partial charge in [-0.2, -0.15) is 0 Å². The third-order valence-corrected chi connectivity index (χ3v) is 8.67. The van der Waals surface area contributed by atoms with Crippen molar-refractivity contribution in [2.45, 2.75) is 103 Å². The molecule has 0 heterocycles. The molecule has 1 atom stereocenters. The van der Waals surface area contributed by atoms with Gasteiger partial charge in [0, 0.05) is 6.16 Å². The van der Waals surface area contributed by atoms with Crippen molar-refractivity contribution < 1.29 is 112 Å². The predicted octanol–water partition coefficient (Wildman–Crippen LogP) is -3.99. The number of hydrogen-bond donors (Lipinski definition) is 1. The Labute approximate surface area is 239 Å². The van der Waals surface area contributed by atoms with Crippen LogP contribution in [0.3, 0.4) is 0 Å². The van der Waals surface area contributed by atoms with Crippen LogP contribution in [0.5, 0.6) is 0 Å². The van der Waals surface area contributed by atoms with E-state index < -0.39 is 20.9 Å². The summed E-state index contributed by atoms with van der Waals surface area (Å²) in [5, 5.41) is 0. The molecule has 0 aliphatic rings. The summed E-state index contributed by atoms with van der Waals surface area (Å²) >= 11 is 0. The Bertz CT molecular complexity index is 409. The maximum atomic E-state index is 11.5. The molecule has 1 N–H and O–H groups in total. The van der Waals surface area contributed by atoms with E-state index in [1.165, 1.54) is 70.6 Å². The number of unbranched alkanes of at least 4 members (excludes halogenated alkanes) is 14. The van der Waals surface area contributed by atoms with E-state index >= 15 is 0 Å². The van der Waals surface area contributed by atoms with E-state index in [1.54, 1.807) is 0 Å². The Kier molecular flexibility index (Phi) is 34.4. The zero-order chi connectivity index (χ0) is 19.0. The molecule has 0 aromatic carbocycles. The third-order valence-electron chi connectivity index (χ3n) is 4.51. The van der Waals surface area contributed by atoms with Crippen molar-refractivity contribution in [2.75, 3.05) is 12.1 Å². The predicted molar refractivity (Wildman–Crippen MR) is 102 cm³/mol. The second-order valence-corrected chi connectivity index (χ2v) is 11.8. The first-order chi connectivity index (χ1) is 11.8. The zero-order valence-corrected chi connectivity index (χ0v) is 26.8. The van der Waals surface area contributed by atoms with Crippen LogP contribution < -0.4 is 98.5 Å². The van der Waals surface area contributed by atoms with Gasteiger partial charge in [0.15, 0.2) is 0 Å². The van der Waals surface area contributed by atoms with Crippen LogP contribution in [0, 0.1) is 0 Å². The molecule has 10 heteroatoms. The van der Waals surface area contributed by atoms with E-state index in [0.29, 0.717) is 6.42 Å². The Balaban J connectivity index is -0.000000960. The van der Waals surface area contributed by atoms with Gasteiger partial charge in [-0.1, -0.05) is 104 Å². The minimum absolute atomic E-state index is 0. The summed E-state index contributed by atoms with van der Waals surface area (Å²) in [4.78, 5) is 30.5. The van der Waals surface area contributed by atoms with Gasteiger partial charge in [0.1, 0.15) is 0 Å². The second kappa shape index (κ2) is 25.0. The fourth-order valence-corrected chi connectivity index (χ4v) is 6.52. The maximum Gasteiger partial charge on any atom is 1.00 e. The molecule has 0 fully saturated rings. The van der Waals surface area contributed by atoms with E-state index in [-0.39, 0.29) is 94.8 Å². The van der Waals surface area contributed by atoms with Crippen molar-refractivity contribution in [1.29, 1.82) is 0 Å². The van der Waals surface area contributed by atoms with Gasteiger partial charge in [-0.3, -0.25) is 4.57 Å². The quantitative estimate of drug-likeness (QED) is 0.126. The molecular formula is C18H38Na3O5P2+. The summed E-state index contributed by atoms with van der Waals surface area (Å²) in [5.74, 6) is -1.10. The van der Waals surface area contributed by atoms with Gasteiger partial charge < -0.3 is 19.2 Å². The first kappa shape index (κ1) is 38.6. The Morgan fingerprint density at radius 2 is 0.893 bits per heavy atom. The van der Waals surface area contributed by atoms with E-state index in [2.05, 4.69) is 6.92 Å². The Morgan fingerprint density at radius 1 is 0.607 bits per heavy atom. The van der Waals surface area contributed by atoms with Gasteiger partial charge in [0.2, 0.25) is 7.37 Å². The number of rotatable bonds is 18. The minimum atomic E-state index is -4.89. The molecule has 0 spiro atoms. The van der Waals surface area contributed by atoms with Crippen molar-refractivity contribution in [3.8, 4) is 0 Å². The summed E-state index contributed by atoms with van der Waals surface area (Å²) in [5.41, 5.74) is 0. The molecule has 0 aliphatic heterocycles. The first-order valence-corrected chi connectivity index (χ1v) is 13.8. The van der Waals surface area contributed by atoms with E-state index in [1.807, 2.05) is 0 Å². The fraction of sp³-hybridized carbons (Fsp3) is 1.00. The van der Waals surface area contributed by atoms with E-state index in [0.717, 1.165) is 19.3 Å².